The van der Waals surface area contributed by atoms with Crippen LogP contribution in [0, 0.1) is 6.92 Å². The summed E-state index contributed by atoms with van der Waals surface area (Å²) in [7, 11) is 0. The average Bonchev–Trinajstić information content (AvgIpc) is 2.04. The Morgan fingerprint density at radius 2 is 2.25 bits per heavy atom. The Morgan fingerprint density at radius 3 is 3.00 bits per heavy atom. The first-order valence-electron chi connectivity index (χ1n) is 4.63. The molecule has 2 rings (SSSR count). The first-order chi connectivity index (χ1) is 5.79. The van der Waals surface area contributed by atoms with Crippen molar-refractivity contribution in [3.63, 3.8) is 0 Å². The van der Waals surface area contributed by atoms with E-state index in [0.29, 0.717) is 0 Å². The van der Waals surface area contributed by atoms with Gasteiger partial charge in [0.2, 0.25) is 0 Å². The van der Waals surface area contributed by atoms with Gasteiger partial charge in [-0.2, -0.15) is 0 Å². The third kappa shape index (κ3) is 1.14. The Morgan fingerprint density at radius 1 is 1.42 bits per heavy atom. The van der Waals surface area contributed by atoms with Crippen molar-refractivity contribution in [3.05, 3.63) is 34.9 Å². The standard InChI is InChI=1S/C11H15N/c1-8-4-2-5-9-6-3-7-10(12)11(8)9/h2,4-5,10H,3,6-7,12H2,1H3/t10-/m0/s1. The van der Waals surface area contributed by atoms with Gasteiger partial charge in [-0.15, -0.1) is 0 Å². The van der Waals surface area contributed by atoms with Crippen molar-refractivity contribution in [2.75, 3.05) is 0 Å². The molecule has 1 heteroatoms. The third-order valence-corrected chi connectivity index (χ3v) is 2.75. The van der Waals surface area contributed by atoms with Crippen molar-refractivity contribution in [3.8, 4) is 0 Å². The molecule has 1 atom stereocenters. The van der Waals surface area contributed by atoms with Crippen LogP contribution in [0.25, 0.3) is 0 Å². The van der Waals surface area contributed by atoms with E-state index in [2.05, 4.69) is 25.1 Å². The molecule has 1 aromatic rings. The molecule has 0 spiro atoms. The first-order valence-corrected chi connectivity index (χ1v) is 4.63. The summed E-state index contributed by atoms with van der Waals surface area (Å²) in [6.45, 7) is 2.16. The Kier molecular flexibility index (Phi) is 1.89. The van der Waals surface area contributed by atoms with Crippen LogP contribution in [0.1, 0.15) is 35.6 Å². The molecule has 0 bridgehead atoms. The highest BCUT2D eigenvalue weighted by molar-refractivity contribution is 5.38. The van der Waals surface area contributed by atoms with Crippen LogP contribution in [0.5, 0.6) is 0 Å². The maximum Gasteiger partial charge on any atom is 0.0300 e. The van der Waals surface area contributed by atoms with E-state index in [0.717, 1.165) is 6.42 Å². The highest BCUT2D eigenvalue weighted by atomic mass is 14.6. The monoisotopic (exact) mass is 161 g/mol. The molecule has 0 saturated heterocycles. The van der Waals surface area contributed by atoms with Crippen LogP contribution < -0.4 is 5.73 Å². The Balaban J connectivity index is 2.53. The fourth-order valence-electron chi connectivity index (χ4n) is 2.15. The van der Waals surface area contributed by atoms with Gasteiger partial charge in [-0.05, 0) is 42.9 Å². The van der Waals surface area contributed by atoms with E-state index >= 15 is 0 Å². The topological polar surface area (TPSA) is 26.0 Å². The summed E-state index contributed by atoms with van der Waals surface area (Å²) in [5.74, 6) is 0. The molecule has 12 heavy (non-hydrogen) atoms. The van der Waals surface area contributed by atoms with Gasteiger partial charge in [0.05, 0.1) is 0 Å². The number of rotatable bonds is 0. The van der Waals surface area contributed by atoms with Crippen molar-refractivity contribution in [1.82, 2.24) is 0 Å². The second-order valence-electron chi connectivity index (χ2n) is 3.65. The molecule has 0 aromatic heterocycles. The zero-order valence-electron chi connectivity index (χ0n) is 7.51. The minimum Gasteiger partial charge on any atom is -0.324 e. The van der Waals surface area contributed by atoms with Gasteiger partial charge in [0, 0.05) is 6.04 Å². The lowest BCUT2D eigenvalue weighted by Crippen LogP contribution is -2.18. The van der Waals surface area contributed by atoms with E-state index in [1.807, 2.05) is 0 Å². The van der Waals surface area contributed by atoms with Crippen LogP contribution in [0.2, 0.25) is 0 Å². The molecule has 0 saturated carbocycles. The minimum atomic E-state index is 0.287. The lowest BCUT2D eigenvalue weighted by molar-refractivity contribution is 0.567. The van der Waals surface area contributed by atoms with Crippen molar-refractivity contribution in [1.29, 1.82) is 0 Å². The summed E-state index contributed by atoms with van der Waals surface area (Å²) >= 11 is 0. The Labute approximate surface area is 73.6 Å². The lowest BCUT2D eigenvalue weighted by Gasteiger charge is -2.23. The van der Waals surface area contributed by atoms with Gasteiger partial charge in [0.1, 0.15) is 0 Å². The van der Waals surface area contributed by atoms with Crippen LogP contribution in [-0.4, -0.2) is 0 Å². The average molecular weight is 161 g/mol. The molecule has 0 radical (unpaired) electrons. The minimum absolute atomic E-state index is 0.287. The molecule has 2 N–H and O–H groups in total. The van der Waals surface area contributed by atoms with Gasteiger partial charge in [-0.25, -0.2) is 0 Å². The molecule has 0 fully saturated rings. The second kappa shape index (κ2) is 2.91. The molecule has 0 heterocycles. The van der Waals surface area contributed by atoms with Gasteiger partial charge in [0.25, 0.3) is 0 Å². The van der Waals surface area contributed by atoms with E-state index in [4.69, 9.17) is 5.73 Å². The van der Waals surface area contributed by atoms with Crippen LogP contribution in [0.4, 0.5) is 0 Å². The van der Waals surface area contributed by atoms with Gasteiger partial charge in [-0.1, -0.05) is 18.2 Å². The lowest BCUT2D eigenvalue weighted by atomic mass is 9.85. The molecule has 0 unspecified atom stereocenters. The van der Waals surface area contributed by atoms with Gasteiger partial charge in [0.15, 0.2) is 0 Å². The molecular weight excluding hydrogens is 146 g/mol. The predicted octanol–water partition coefficient (Wildman–Crippen LogP) is 2.33. The summed E-state index contributed by atoms with van der Waals surface area (Å²) in [6, 6.07) is 6.78. The zero-order valence-corrected chi connectivity index (χ0v) is 7.51. The molecule has 0 aliphatic heterocycles. The van der Waals surface area contributed by atoms with Crippen LogP contribution in [0.3, 0.4) is 0 Å². The highest BCUT2D eigenvalue weighted by Gasteiger charge is 2.17. The molecule has 1 aliphatic rings. The number of fused-ring (bicyclic) bond motifs is 1. The smallest absolute Gasteiger partial charge is 0.0300 e. The van der Waals surface area contributed by atoms with Crippen molar-refractivity contribution in [2.45, 2.75) is 32.2 Å². The van der Waals surface area contributed by atoms with Gasteiger partial charge >= 0.3 is 0 Å². The maximum atomic E-state index is 6.05. The molecule has 64 valence electrons. The SMILES string of the molecule is Cc1cccc2c1[C@@H](N)CCC2. The van der Waals surface area contributed by atoms with E-state index in [1.165, 1.54) is 29.5 Å². The zero-order chi connectivity index (χ0) is 8.55. The van der Waals surface area contributed by atoms with E-state index in [9.17, 15) is 0 Å². The van der Waals surface area contributed by atoms with Crippen molar-refractivity contribution < 1.29 is 0 Å². The highest BCUT2D eigenvalue weighted by Crippen LogP contribution is 2.29. The number of nitrogens with two attached hydrogens (primary N) is 1. The van der Waals surface area contributed by atoms with Crippen LogP contribution in [0.15, 0.2) is 18.2 Å². The van der Waals surface area contributed by atoms with Gasteiger partial charge in [-0.3, -0.25) is 0 Å². The quantitative estimate of drug-likeness (QED) is 0.621. The predicted molar refractivity (Wildman–Crippen MR) is 51.0 cm³/mol. The van der Waals surface area contributed by atoms with Gasteiger partial charge < -0.3 is 5.73 Å². The van der Waals surface area contributed by atoms with E-state index in [-0.39, 0.29) is 6.04 Å². The maximum absolute atomic E-state index is 6.05. The Hall–Kier alpha value is -0.820. The molecule has 1 aromatic carbocycles. The second-order valence-corrected chi connectivity index (χ2v) is 3.65. The Bertz CT molecular complexity index is 291. The molecular formula is C11H15N. The number of aryl methyl sites for hydroxylation is 2. The number of hydrogen-bond donors (Lipinski definition) is 1. The summed E-state index contributed by atoms with van der Waals surface area (Å²) in [5, 5.41) is 0. The van der Waals surface area contributed by atoms with Crippen LogP contribution in [-0.2, 0) is 6.42 Å². The molecule has 1 nitrogen and oxygen atoms in total. The van der Waals surface area contributed by atoms with E-state index in [1.54, 1.807) is 0 Å². The number of hydrogen-bond acceptors (Lipinski definition) is 1. The van der Waals surface area contributed by atoms with Crippen LogP contribution >= 0.6 is 0 Å². The summed E-state index contributed by atoms with van der Waals surface area (Å²) in [6.07, 6.45) is 3.61. The summed E-state index contributed by atoms with van der Waals surface area (Å²) < 4.78 is 0. The molecule has 0 amide bonds. The summed E-state index contributed by atoms with van der Waals surface area (Å²) in [5.41, 5.74) is 10.3. The summed E-state index contributed by atoms with van der Waals surface area (Å²) in [4.78, 5) is 0. The fraction of sp³-hybridized carbons (Fsp3) is 0.455. The normalized spacial score (nSPS) is 22.0. The third-order valence-electron chi connectivity index (χ3n) is 2.75. The largest absolute Gasteiger partial charge is 0.324 e. The number of benzene rings is 1. The van der Waals surface area contributed by atoms with Crippen molar-refractivity contribution in [2.24, 2.45) is 5.73 Å². The first kappa shape index (κ1) is 7.81. The van der Waals surface area contributed by atoms with Crippen molar-refractivity contribution >= 4 is 0 Å². The van der Waals surface area contributed by atoms with E-state index < -0.39 is 0 Å². The fourth-order valence-corrected chi connectivity index (χ4v) is 2.15. The molecule has 1 aliphatic carbocycles.